The van der Waals surface area contributed by atoms with E-state index in [9.17, 15) is 19.7 Å². The summed E-state index contributed by atoms with van der Waals surface area (Å²) in [6.07, 6.45) is -1.03. The molecule has 25 heavy (non-hydrogen) atoms. The number of rotatable bonds is 7. The molecule has 2 rings (SSSR count). The van der Waals surface area contributed by atoms with Crippen molar-refractivity contribution in [3.63, 3.8) is 0 Å². The van der Waals surface area contributed by atoms with Crippen LogP contribution in [-0.2, 0) is 9.53 Å². The molecule has 0 saturated carbocycles. The van der Waals surface area contributed by atoms with E-state index in [4.69, 9.17) is 21.1 Å². The standard InChI is InChI=1S/C17H14ClNO6/c1-11(25-15-4-2-3-14(9-15)19(22)23)17(21)24-10-16(20)12-5-7-13(18)8-6-12/h2-9,11H,10H2,1H3/t11-/m0/s1. The second kappa shape index (κ2) is 8.25. The first-order valence-corrected chi connectivity index (χ1v) is 7.61. The molecule has 130 valence electrons. The lowest BCUT2D eigenvalue weighted by Crippen LogP contribution is -2.28. The van der Waals surface area contributed by atoms with Crippen molar-refractivity contribution in [2.45, 2.75) is 13.0 Å². The number of hydrogen-bond acceptors (Lipinski definition) is 6. The Bertz CT molecular complexity index is 790. The third-order valence-electron chi connectivity index (χ3n) is 3.18. The van der Waals surface area contributed by atoms with Crippen molar-refractivity contribution in [1.82, 2.24) is 0 Å². The highest BCUT2D eigenvalue weighted by Gasteiger charge is 2.19. The minimum absolute atomic E-state index is 0.155. The molecule has 2 aromatic carbocycles. The zero-order valence-electron chi connectivity index (χ0n) is 13.2. The fourth-order valence-corrected chi connectivity index (χ4v) is 2.02. The number of halogens is 1. The van der Waals surface area contributed by atoms with E-state index in [1.807, 2.05) is 0 Å². The number of benzene rings is 2. The number of nitrogens with zero attached hydrogens (tertiary/aromatic N) is 1. The number of carbonyl (C=O) groups is 2. The number of nitro groups is 1. The number of nitro benzene ring substituents is 1. The Morgan fingerprint density at radius 3 is 2.52 bits per heavy atom. The summed E-state index contributed by atoms with van der Waals surface area (Å²) >= 11 is 5.74. The quantitative estimate of drug-likeness (QED) is 0.323. The summed E-state index contributed by atoms with van der Waals surface area (Å²) in [6, 6.07) is 11.6. The average molecular weight is 364 g/mol. The second-order valence-corrected chi connectivity index (χ2v) is 5.49. The number of ether oxygens (including phenoxy) is 2. The molecule has 0 amide bonds. The van der Waals surface area contributed by atoms with Crippen LogP contribution in [0.1, 0.15) is 17.3 Å². The molecule has 0 N–H and O–H groups in total. The third-order valence-corrected chi connectivity index (χ3v) is 3.44. The van der Waals surface area contributed by atoms with Crippen LogP contribution in [0.5, 0.6) is 5.75 Å². The van der Waals surface area contributed by atoms with E-state index in [1.54, 1.807) is 12.1 Å². The molecule has 0 aliphatic heterocycles. The van der Waals surface area contributed by atoms with Gasteiger partial charge in [-0.3, -0.25) is 14.9 Å². The highest BCUT2D eigenvalue weighted by Crippen LogP contribution is 2.20. The summed E-state index contributed by atoms with van der Waals surface area (Å²) in [6.45, 7) is 0.983. The van der Waals surface area contributed by atoms with Crippen LogP contribution in [0.4, 0.5) is 5.69 Å². The van der Waals surface area contributed by atoms with E-state index in [0.717, 1.165) is 0 Å². The molecule has 2 aromatic rings. The van der Waals surface area contributed by atoms with Crippen LogP contribution in [0.15, 0.2) is 48.5 Å². The van der Waals surface area contributed by atoms with Gasteiger partial charge in [-0.25, -0.2) is 4.79 Å². The zero-order valence-corrected chi connectivity index (χ0v) is 13.9. The van der Waals surface area contributed by atoms with Gasteiger partial charge in [0, 0.05) is 16.7 Å². The summed E-state index contributed by atoms with van der Waals surface area (Å²) in [5.74, 6) is -0.982. The third kappa shape index (κ3) is 5.29. The molecule has 0 radical (unpaired) electrons. The van der Waals surface area contributed by atoms with E-state index in [1.165, 1.54) is 43.3 Å². The van der Waals surface area contributed by atoms with Crippen molar-refractivity contribution in [1.29, 1.82) is 0 Å². The van der Waals surface area contributed by atoms with Gasteiger partial charge < -0.3 is 9.47 Å². The first kappa shape index (κ1) is 18.4. The molecular weight excluding hydrogens is 350 g/mol. The van der Waals surface area contributed by atoms with Crippen LogP contribution < -0.4 is 4.74 Å². The monoisotopic (exact) mass is 363 g/mol. The van der Waals surface area contributed by atoms with Crippen LogP contribution in [0.3, 0.4) is 0 Å². The van der Waals surface area contributed by atoms with Crippen molar-refractivity contribution < 1.29 is 24.0 Å². The number of ketones is 1. The molecule has 0 fully saturated rings. The Balaban J connectivity index is 1.89. The zero-order chi connectivity index (χ0) is 18.4. The molecule has 0 saturated heterocycles. The fourth-order valence-electron chi connectivity index (χ4n) is 1.90. The largest absolute Gasteiger partial charge is 0.479 e. The number of carbonyl (C=O) groups excluding carboxylic acids is 2. The molecular formula is C17H14ClNO6. The number of non-ortho nitro benzene ring substituents is 1. The molecule has 0 aliphatic rings. The molecule has 0 spiro atoms. The van der Waals surface area contributed by atoms with Gasteiger partial charge in [0.1, 0.15) is 5.75 Å². The van der Waals surface area contributed by atoms with Crippen molar-refractivity contribution in [3.8, 4) is 5.75 Å². The maximum absolute atomic E-state index is 11.9. The molecule has 0 bridgehead atoms. The van der Waals surface area contributed by atoms with Crippen LogP contribution in [0.25, 0.3) is 0 Å². The Hall–Kier alpha value is -2.93. The van der Waals surface area contributed by atoms with Crippen molar-refractivity contribution in [3.05, 3.63) is 69.2 Å². The Morgan fingerprint density at radius 1 is 1.20 bits per heavy atom. The van der Waals surface area contributed by atoms with Gasteiger partial charge in [-0.05, 0) is 37.3 Å². The van der Waals surface area contributed by atoms with E-state index >= 15 is 0 Å². The summed E-state index contributed by atoms with van der Waals surface area (Å²) in [7, 11) is 0. The van der Waals surface area contributed by atoms with E-state index < -0.39 is 23.6 Å². The lowest BCUT2D eigenvalue weighted by Gasteiger charge is -2.13. The molecule has 1 atom stereocenters. The van der Waals surface area contributed by atoms with E-state index in [0.29, 0.717) is 10.6 Å². The number of hydrogen-bond donors (Lipinski definition) is 0. The van der Waals surface area contributed by atoms with Gasteiger partial charge in [-0.15, -0.1) is 0 Å². The van der Waals surface area contributed by atoms with Crippen molar-refractivity contribution >= 4 is 29.0 Å². The van der Waals surface area contributed by atoms with Crippen LogP contribution in [0.2, 0.25) is 5.02 Å². The van der Waals surface area contributed by atoms with Crippen LogP contribution in [0, 0.1) is 10.1 Å². The van der Waals surface area contributed by atoms with Gasteiger partial charge in [0.25, 0.3) is 5.69 Å². The smallest absolute Gasteiger partial charge is 0.347 e. The first-order chi connectivity index (χ1) is 11.9. The Morgan fingerprint density at radius 2 is 1.88 bits per heavy atom. The summed E-state index contributed by atoms with van der Waals surface area (Å²) in [5.41, 5.74) is 0.209. The van der Waals surface area contributed by atoms with Gasteiger partial charge in [0.15, 0.2) is 18.5 Å². The molecule has 8 heteroatoms. The van der Waals surface area contributed by atoms with Gasteiger partial charge in [0.05, 0.1) is 11.0 Å². The Labute approximate surface area is 148 Å². The maximum Gasteiger partial charge on any atom is 0.347 e. The molecule has 0 unspecified atom stereocenters. The van der Waals surface area contributed by atoms with Crippen LogP contribution >= 0.6 is 11.6 Å². The lowest BCUT2D eigenvalue weighted by molar-refractivity contribution is -0.384. The van der Waals surface area contributed by atoms with E-state index in [-0.39, 0.29) is 17.2 Å². The minimum atomic E-state index is -1.03. The minimum Gasteiger partial charge on any atom is -0.479 e. The molecule has 0 aromatic heterocycles. The fraction of sp³-hybridized carbons (Fsp3) is 0.176. The molecule has 0 aliphatic carbocycles. The van der Waals surface area contributed by atoms with Crippen molar-refractivity contribution in [2.24, 2.45) is 0 Å². The summed E-state index contributed by atoms with van der Waals surface area (Å²) in [5, 5.41) is 11.2. The lowest BCUT2D eigenvalue weighted by atomic mass is 10.1. The second-order valence-electron chi connectivity index (χ2n) is 5.05. The maximum atomic E-state index is 11.9. The molecule has 0 heterocycles. The first-order valence-electron chi connectivity index (χ1n) is 7.23. The normalized spacial score (nSPS) is 11.4. The van der Waals surface area contributed by atoms with Crippen molar-refractivity contribution in [2.75, 3.05) is 6.61 Å². The number of esters is 1. The Kier molecular flexibility index (Phi) is 6.08. The van der Waals surface area contributed by atoms with E-state index in [2.05, 4.69) is 0 Å². The van der Waals surface area contributed by atoms with Gasteiger partial charge in [-0.2, -0.15) is 0 Å². The predicted octanol–water partition coefficient (Wildman–Crippen LogP) is 3.44. The SMILES string of the molecule is C[C@H](Oc1cccc([N+](=O)[O-])c1)C(=O)OCC(=O)c1ccc(Cl)cc1. The topological polar surface area (TPSA) is 95.7 Å². The van der Waals surface area contributed by atoms with Gasteiger partial charge >= 0.3 is 5.97 Å². The predicted molar refractivity (Wildman–Crippen MR) is 89.9 cm³/mol. The van der Waals surface area contributed by atoms with Gasteiger partial charge in [0.2, 0.25) is 0 Å². The summed E-state index contributed by atoms with van der Waals surface area (Å²) < 4.78 is 10.2. The number of Topliss-reactive ketones (excluding diaryl/α,β-unsaturated/α-hetero) is 1. The van der Waals surface area contributed by atoms with Gasteiger partial charge in [-0.1, -0.05) is 17.7 Å². The van der Waals surface area contributed by atoms with Crippen LogP contribution in [-0.4, -0.2) is 29.4 Å². The average Bonchev–Trinajstić information content (AvgIpc) is 2.60. The highest BCUT2D eigenvalue weighted by molar-refractivity contribution is 6.30. The highest BCUT2D eigenvalue weighted by atomic mass is 35.5. The summed E-state index contributed by atoms with van der Waals surface area (Å²) in [4.78, 5) is 34.0. The molecule has 7 nitrogen and oxygen atoms in total.